The van der Waals surface area contributed by atoms with Gasteiger partial charge in [-0.15, -0.1) is 0 Å². The number of aromatic amines is 1. The molecule has 0 spiro atoms. The number of H-pyrrole nitrogens is 1. The summed E-state index contributed by atoms with van der Waals surface area (Å²) in [6.45, 7) is 4.18. The zero-order valence-electron chi connectivity index (χ0n) is 16.0. The second-order valence-corrected chi connectivity index (χ2v) is 8.80. The molecule has 2 aliphatic rings. The van der Waals surface area contributed by atoms with E-state index in [1.165, 1.54) is 16.6 Å². The second-order valence-electron chi connectivity index (χ2n) is 6.86. The average molecular weight is 421 g/mol. The molecule has 1 unspecified atom stereocenters. The Morgan fingerprint density at radius 2 is 1.83 bits per heavy atom. The van der Waals surface area contributed by atoms with E-state index in [0.717, 1.165) is 5.56 Å². The lowest BCUT2D eigenvalue weighted by molar-refractivity contribution is 0.0730. The van der Waals surface area contributed by atoms with Crippen molar-refractivity contribution in [3.05, 3.63) is 41.7 Å². The number of nitrogens with zero attached hydrogens (tertiary/aromatic N) is 1. The Bertz CT molecular complexity index is 997. The fourth-order valence-corrected chi connectivity index (χ4v) is 4.68. The highest BCUT2D eigenvalue weighted by Crippen LogP contribution is 2.32. The Labute approximate surface area is 169 Å². The Hall–Kier alpha value is -2.56. The predicted octanol–water partition coefficient (Wildman–Crippen LogP) is 1.30. The number of ether oxygens (including phenoxy) is 3. The van der Waals surface area contributed by atoms with Gasteiger partial charge in [-0.05, 0) is 30.7 Å². The zero-order chi connectivity index (χ0) is 20.4. The van der Waals surface area contributed by atoms with E-state index < -0.39 is 15.9 Å². The van der Waals surface area contributed by atoms with Crippen LogP contribution in [0.3, 0.4) is 0 Å². The van der Waals surface area contributed by atoms with E-state index in [9.17, 15) is 13.2 Å². The molecule has 1 amide bonds. The minimum absolute atomic E-state index is 0.0662. The molecule has 3 heterocycles. The Morgan fingerprint density at radius 1 is 1.10 bits per heavy atom. The summed E-state index contributed by atoms with van der Waals surface area (Å²) in [4.78, 5) is 15.4. The molecule has 4 rings (SSSR count). The molecule has 9 nitrogen and oxygen atoms in total. The van der Waals surface area contributed by atoms with Crippen LogP contribution in [0, 0.1) is 0 Å². The van der Waals surface area contributed by atoms with Crippen molar-refractivity contribution in [1.82, 2.24) is 14.6 Å². The molecule has 1 atom stereocenters. The molecule has 0 saturated carbocycles. The number of morpholine rings is 1. The minimum atomic E-state index is -3.65. The summed E-state index contributed by atoms with van der Waals surface area (Å²) in [6, 6.07) is 6.57. The number of carbonyl (C=O) groups excluding carboxylic acids is 1. The van der Waals surface area contributed by atoms with E-state index in [1.807, 2.05) is 25.1 Å². The summed E-state index contributed by atoms with van der Waals surface area (Å²) in [6.07, 6.45) is 1.34. The Balaban J connectivity index is 1.45. The lowest BCUT2D eigenvalue weighted by atomic mass is 10.1. The molecule has 10 heteroatoms. The summed E-state index contributed by atoms with van der Waals surface area (Å²) >= 11 is 0. The molecule has 1 aromatic carbocycles. The molecule has 2 N–H and O–H groups in total. The summed E-state index contributed by atoms with van der Waals surface area (Å²) < 4.78 is 43.0. The lowest BCUT2D eigenvalue weighted by Crippen LogP contribution is -2.40. The molecule has 0 bridgehead atoms. The first kappa shape index (κ1) is 19.7. The van der Waals surface area contributed by atoms with Crippen LogP contribution < -0.4 is 14.8 Å². The van der Waals surface area contributed by atoms with Gasteiger partial charge in [-0.25, -0.2) is 8.42 Å². The van der Waals surface area contributed by atoms with Gasteiger partial charge in [0.2, 0.25) is 10.0 Å². The van der Waals surface area contributed by atoms with E-state index in [1.54, 1.807) is 0 Å². The first-order valence-corrected chi connectivity index (χ1v) is 10.9. The molecule has 1 saturated heterocycles. The highest BCUT2D eigenvalue weighted by Gasteiger charge is 2.28. The van der Waals surface area contributed by atoms with Crippen molar-refractivity contribution in [1.29, 1.82) is 0 Å². The normalized spacial score (nSPS) is 18.2. The monoisotopic (exact) mass is 421 g/mol. The highest BCUT2D eigenvalue weighted by atomic mass is 32.2. The SMILES string of the molecule is CC(NC(=O)c1cc(S(=O)(=O)N2CCOCC2)c[nH]1)c1ccc2c(c1)OCCO2. The molecule has 2 aromatic rings. The molecule has 29 heavy (non-hydrogen) atoms. The maximum Gasteiger partial charge on any atom is 0.268 e. The fraction of sp³-hybridized carbons (Fsp3) is 0.421. The van der Waals surface area contributed by atoms with Crippen molar-refractivity contribution in [3.63, 3.8) is 0 Å². The largest absolute Gasteiger partial charge is 0.486 e. The third kappa shape index (κ3) is 4.09. The number of aromatic nitrogens is 1. The van der Waals surface area contributed by atoms with Crippen molar-refractivity contribution in [2.75, 3.05) is 39.5 Å². The Kier molecular flexibility index (Phi) is 5.48. The van der Waals surface area contributed by atoms with Crippen LogP contribution in [0.5, 0.6) is 11.5 Å². The quantitative estimate of drug-likeness (QED) is 0.753. The van der Waals surface area contributed by atoms with Crippen LogP contribution in [0.4, 0.5) is 0 Å². The third-order valence-electron chi connectivity index (χ3n) is 4.92. The summed E-state index contributed by atoms with van der Waals surface area (Å²) in [5.74, 6) is 0.935. The molecule has 0 aliphatic carbocycles. The van der Waals surface area contributed by atoms with Gasteiger partial charge in [0, 0.05) is 19.3 Å². The molecular formula is C19H23N3O6S. The van der Waals surface area contributed by atoms with Crippen LogP contribution in [0.25, 0.3) is 0 Å². The first-order valence-electron chi connectivity index (χ1n) is 9.42. The van der Waals surface area contributed by atoms with Gasteiger partial charge in [-0.2, -0.15) is 4.31 Å². The number of carbonyl (C=O) groups is 1. The van der Waals surface area contributed by atoms with Gasteiger partial charge in [-0.1, -0.05) is 6.07 Å². The zero-order valence-corrected chi connectivity index (χ0v) is 16.8. The summed E-state index contributed by atoms with van der Waals surface area (Å²) in [5.41, 5.74) is 1.04. The van der Waals surface area contributed by atoms with Crippen molar-refractivity contribution in [2.24, 2.45) is 0 Å². The van der Waals surface area contributed by atoms with Crippen LogP contribution in [0.15, 0.2) is 35.4 Å². The number of fused-ring (bicyclic) bond motifs is 1. The summed E-state index contributed by atoms with van der Waals surface area (Å²) in [7, 11) is -3.65. The molecule has 0 radical (unpaired) electrons. The van der Waals surface area contributed by atoms with Crippen LogP contribution in [-0.4, -0.2) is 63.1 Å². The molecule has 1 fully saturated rings. The number of sulfonamides is 1. The van der Waals surface area contributed by atoms with Crippen molar-refractivity contribution < 1.29 is 27.4 Å². The van der Waals surface area contributed by atoms with Crippen LogP contribution in [0.2, 0.25) is 0 Å². The number of benzene rings is 1. The van der Waals surface area contributed by atoms with E-state index in [4.69, 9.17) is 14.2 Å². The highest BCUT2D eigenvalue weighted by molar-refractivity contribution is 7.89. The maximum atomic E-state index is 12.7. The molecular weight excluding hydrogens is 398 g/mol. The number of rotatable bonds is 5. The number of amides is 1. The van der Waals surface area contributed by atoms with E-state index in [-0.39, 0.29) is 16.6 Å². The van der Waals surface area contributed by atoms with Crippen LogP contribution >= 0.6 is 0 Å². The van der Waals surface area contributed by atoms with Gasteiger partial charge in [0.1, 0.15) is 23.8 Å². The standard InChI is InChI=1S/C19H23N3O6S/c1-13(14-2-3-17-18(10-14)28-9-8-27-17)21-19(23)16-11-15(12-20-16)29(24,25)22-4-6-26-7-5-22/h2-3,10-13,20H,4-9H2,1H3,(H,21,23). The van der Waals surface area contributed by atoms with Crippen molar-refractivity contribution in [3.8, 4) is 11.5 Å². The topological polar surface area (TPSA) is 110 Å². The van der Waals surface area contributed by atoms with Gasteiger partial charge >= 0.3 is 0 Å². The van der Waals surface area contributed by atoms with Crippen molar-refractivity contribution in [2.45, 2.75) is 17.9 Å². The molecule has 1 aromatic heterocycles. The van der Waals surface area contributed by atoms with Gasteiger partial charge < -0.3 is 24.5 Å². The predicted molar refractivity (Wildman–Crippen MR) is 104 cm³/mol. The van der Waals surface area contributed by atoms with Gasteiger partial charge in [0.15, 0.2) is 11.5 Å². The first-order chi connectivity index (χ1) is 13.9. The Morgan fingerprint density at radius 3 is 2.59 bits per heavy atom. The van der Waals surface area contributed by atoms with Crippen LogP contribution in [0.1, 0.15) is 29.0 Å². The van der Waals surface area contributed by atoms with Crippen molar-refractivity contribution >= 4 is 15.9 Å². The number of nitrogens with one attached hydrogen (secondary N) is 2. The van der Waals surface area contributed by atoms with Gasteiger partial charge in [0.05, 0.1) is 19.3 Å². The number of hydrogen-bond donors (Lipinski definition) is 2. The van der Waals surface area contributed by atoms with E-state index in [2.05, 4.69) is 10.3 Å². The van der Waals surface area contributed by atoms with Gasteiger partial charge in [0.25, 0.3) is 5.91 Å². The van der Waals surface area contributed by atoms with E-state index >= 15 is 0 Å². The minimum Gasteiger partial charge on any atom is -0.486 e. The lowest BCUT2D eigenvalue weighted by Gasteiger charge is -2.25. The smallest absolute Gasteiger partial charge is 0.268 e. The number of hydrogen-bond acceptors (Lipinski definition) is 6. The molecule has 156 valence electrons. The maximum absolute atomic E-state index is 12.7. The molecule has 2 aliphatic heterocycles. The van der Waals surface area contributed by atoms with Crippen LogP contribution in [-0.2, 0) is 14.8 Å². The second kappa shape index (κ2) is 8.05. The van der Waals surface area contributed by atoms with E-state index in [0.29, 0.717) is 51.0 Å². The summed E-state index contributed by atoms with van der Waals surface area (Å²) in [5, 5.41) is 2.87. The average Bonchev–Trinajstić information content (AvgIpc) is 3.25. The van der Waals surface area contributed by atoms with Gasteiger partial charge in [-0.3, -0.25) is 4.79 Å². The fourth-order valence-electron chi connectivity index (χ4n) is 3.28. The third-order valence-corrected chi connectivity index (χ3v) is 6.80.